The summed E-state index contributed by atoms with van der Waals surface area (Å²) in [6, 6.07) is 4.62. The molecule has 0 radical (unpaired) electrons. The second-order valence-corrected chi connectivity index (χ2v) is 9.77. The third-order valence-corrected chi connectivity index (χ3v) is 8.04. The van der Waals surface area contributed by atoms with Crippen molar-refractivity contribution >= 4 is 44.6 Å². The summed E-state index contributed by atoms with van der Waals surface area (Å²) in [4.78, 5) is 29.4. The molecule has 3 aromatic heterocycles. The van der Waals surface area contributed by atoms with E-state index in [1.165, 1.54) is 16.2 Å². The molecule has 3 aromatic rings. The molecule has 4 rings (SSSR count). The zero-order chi connectivity index (χ0) is 20.5. The lowest BCUT2D eigenvalue weighted by molar-refractivity contribution is 0.0664. The van der Waals surface area contributed by atoms with Crippen LogP contribution in [0.25, 0.3) is 10.2 Å². The molecule has 1 atom stereocenters. The minimum absolute atomic E-state index is 0.0947. The number of rotatable bonds is 5. The Balaban J connectivity index is 1.61. The number of anilines is 1. The van der Waals surface area contributed by atoms with Gasteiger partial charge in [-0.25, -0.2) is 9.97 Å². The smallest absolute Gasteiger partial charge is 0.264 e. The zero-order valence-corrected chi connectivity index (χ0v) is 18.9. The van der Waals surface area contributed by atoms with Gasteiger partial charge in [0.15, 0.2) is 0 Å². The van der Waals surface area contributed by atoms with Crippen LogP contribution in [0.4, 0.5) is 5.82 Å². The lowest BCUT2D eigenvalue weighted by Crippen LogP contribution is -2.44. The van der Waals surface area contributed by atoms with Gasteiger partial charge in [0.05, 0.1) is 16.3 Å². The maximum atomic E-state index is 13.3. The fourth-order valence-electron chi connectivity index (χ4n) is 3.91. The van der Waals surface area contributed by atoms with Crippen LogP contribution < -0.4 is 5.32 Å². The SMILES string of the molecule is Cc1c(C(=O)N(C)C2CCN(C)CC2)sc2ncnc(NC(C)c3cccs3)c12. The van der Waals surface area contributed by atoms with Crippen molar-refractivity contribution < 1.29 is 4.79 Å². The molecule has 1 fully saturated rings. The number of nitrogens with zero attached hydrogens (tertiary/aromatic N) is 4. The number of hydrogen-bond donors (Lipinski definition) is 1. The molecule has 154 valence electrons. The first-order valence-electron chi connectivity index (χ1n) is 9.95. The van der Waals surface area contributed by atoms with E-state index in [9.17, 15) is 4.79 Å². The number of nitrogens with one attached hydrogen (secondary N) is 1. The van der Waals surface area contributed by atoms with Crippen LogP contribution in [0.1, 0.15) is 45.9 Å². The van der Waals surface area contributed by atoms with Crippen molar-refractivity contribution in [2.75, 3.05) is 32.5 Å². The number of carbonyl (C=O) groups is 1. The third-order valence-electron chi connectivity index (χ3n) is 5.80. The number of aryl methyl sites for hydroxylation is 1. The Bertz CT molecular complexity index is 992. The van der Waals surface area contributed by atoms with Crippen LogP contribution >= 0.6 is 22.7 Å². The summed E-state index contributed by atoms with van der Waals surface area (Å²) in [6.07, 6.45) is 3.62. The van der Waals surface area contributed by atoms with Gasteiger partial charge >= 0.3 is 0 Å². The maximum Gasteiger partial charge on any atom is 0.264 e. The number of hydrogen-bond acceptors (Lipinski definition) is 7. The average Bonchev–Trinajstić information content (AvgIpc) is 3.36. The first-order chi connectivity index (χ1) is 14.0. The minimum Gasteiger partial charge on any atom is -0.362 e. The van der Waals surface area contributed by atoms with Gasteiger partial charge in [-0.1, -0.05) is 6.07 Å². The molecule has 1 saturated heterocycles. The summed E-state index contributed by atoms with van der Waals surface area (Å²) < 4.78 is 0. The number of carbonyl (C=O) groups excluding carboxylic acids is 1. The van der Waals surface area contributed by atoms with Crippen LogP contribution in [-0.4, -0.2) is 58.9 Å². The van der Waals surface area contributed by atoms with Crippen LogP contribution in [0.15, 0.2) is 23.8 Å². The highest BCUT2D eigenvalue weighted by Gasteiger charge is 2.28. The van der Waals surface area contributed by atoms with Gasteiger partial charge in [0.1, 0.15) is 17.0 Å². The van der Waals surface area contributed by atoms with Gasteiger partial charge in [0.25, 0.3) is 5.91 Å². The molecule has 4 heterocycles. The van der Waals surface area contributed by atoms with E-state index in [1.807, 2.05) is 18.9 Å². The van der Waals surface area contributed by atoms with Gasteiger partial charge in [0, 0.05) is 18.0 Å². The van der Waals surface area contributed by atoms with Crippen LogP contribution in [0.3, 0.4) is 0 Å². The molecule has 1 aliphatic rings. The molecule has 0 spiro atoms. The fourth-order valence-corrected chi connectivity index (χ4v) is 5.77. The largest absolute Gasteiger partial charge is 0.362 e. The first-order valence-corrected chi connectivity index (χ1v) is 11.6. The standard InChI is InChI=1S/C21H27N5OS2/c1-13-17-19(24-14(2)16-6-5-11-28-16)22-12-23-20(17)29-18(13)21(27)26(4)15-7-9-25(3)10-8-15/h5-6,11-12,14-15H,7-10H2,1-4H3,(H,22,23,24). The highest BCUT2D eigenvalue weighted by atomic mass is 32.1. The number of likely N-dealkylation sites (tertiary alicyclic amines) is 1. The number of amides is 1. The summed E-state index contributed by atoms with van der Waals surface area (Å²) >= 11 is 3.20. The van der Waals surface area contributed by atoms with Gasteiger partial charge in [-0.2, -0.15) is 0 Å². The van der Waals surface area contributed by atoms with Gasteiger partial charge in [0.2, 0.25) is 0 Å². The highest BCUT2D eigenvalue weighted by Crippen LogP contribution is 2.36. The number of aromatic nitrogens is 2. The van der Waals surface area contributed by atoms with Crippen LogP contribution in [0.5, 0.6) is 0 Å². The molecule has 8 heteroatoms. The maximum absolute atomic E-state index is 13.3. The fraction of sp³-hybridized carbons (Fsp3) is 0.476. The molecule has 1 unspecified atom stereocenters. The Hall–Kier alpha value is -2.03. The van der Waals surface area contributed by atoms with E-state index in [4.69, 9.17) is 0 Å². The number of fused-ring (bicyclic) bond motifs is 1. The normalized spacial score (nSPS) is 16.8. The topological polar surface area (TPSA) is 61.4 Å². The summed E-state index contributed by atoms with van der Waals surface area (Å²) in [5, 5.41) is 6.55. The molecule has 6 nitrogen and oxygen atoms in total. The predicted octanol–water partition coefficient (Wildman–Crippen LogP) is 4.40. The van der Waals surface area contributed by atoms with Gasteiger partial charge < -0.3 is 15.1 Å². The minimum atomic E-state index is 0.0947. The Morgan fingerprint density at radius 2 is 2.10 bits per heavy atom. The van der Waals surface area contributed by atoms with Crippen molar-refractivity contribution in [3.63, 3.8) is 0 Å². The number of thiophene rings is 2. The van der Waals surface area contributed by atoms with Crippen molar-refractivity contribution in [2.24, 2.45) is 0 Å². The summed E-state index contributed by atoms with van der Waals surface area (Å²) in [5.74, 6) is 0.892. The van der Waals surface area contributed by atoms with Gasteiger partial charge in [-0.05, 0) is 63.8 Å². The molecule has 0 aliphatic carbocycles. The summed E-state index contributed by atoms with van der Waals surface area (Å²) in [7, 11) is 4.07. The van der Waals surface area contributed by atoms with Crippen LogP contribution in [-0.2, 0) is 0 Å². The molecule has 1 aliphatic heterocycles. The Morgan fingerprint density at radius 3 is 2.79 bits per heavy atom. The van der Waals surface area contributed by atoms with Gasteiger partial charge in [-0.15, -0.1) is 22.7 Å². The molecule has 0 aromatic carbocycles. The molecule has 0 saturated carbocycles. The quantitative estimate of drug-likeness (QED) is 0.651. The summed E-state index contributed by atoms with van der Waals surface area (Å²) in [6.45, 7) is 6.21. The zero-order valence-electron chi connectivity index (χ0n) is 17.3. The van der Waals surface area contributed by atoms with E-state index >= 15 is 0 Å². The van der Waals surface area contributed by atoms with Crippen LogP contribution in [0, 0.1) is 6.92 Å². The van der Waals surface area contributed by atoms with E-state index < -0.39 is 0 Å². The van der Waals surface area contributed by atoms with Crippen molar-refractivity contribution in [3.05, 3.63) is 39.2 Å². The van der Waals surface area contributed by atoms with Crippen molar-refractivity contribution in [1.82, 2.24) is 19.8 Å². The number of piperidine rings is 1. The van der Waals surface area contributed by atoms with E-state index in [2.05, 4.69) is 51.7 Å². The van der Waals surface area contributed by atoms with Crippen molar-refractivity contribution in [2.45, 2.75) is 38.8 Å². The molecular weight excluding hydrogens is 402 g/mol. The lowest BCUT2D eigenvalue weighted by Gasteiger charge is -2.35. The second-order valence-electron chi connectivity index (χ2n) is 7.79. The molecule has 1 amide bonds. The monoisotopic (exact) mass is 429 g/mol. The Labute approximate surface area is 179 Å². The van der Waals surface area contributed by atoms with Crippen molar-refractivity contribution in [1.29, 1.82) is 0 Å². The predicted molar refractivity (Wildman–Crippen MR) is 121 cm³/mol. The molecular formula is C21H27N5OS2. The lowest BCUT2D eigenvalue weighted by atomic mass is 10.0. The summed E-state index contributed by atoms with van der Waals surface area (Å²) in [5.41, 5.74) is 0.969. The second kappa shape index (κ2) is 8.38. The van der Waals surface area contributed by atoms with E-state index in [1.54, 1.807) is 17.7 Å². The van der Waals surface area contributed by atoms with Crippen molar-refractivity contribution in [3.8, 4) is 0 Å². The van der Waals surface area contributed by atoms with E-state index in [-0.39, 0.29) is 11.9 Å². The van der Waals surface area contributed by atoms with E-state index in [0.29, 0.717) is 6.04 Å². The molecule has 1 N–H and O–H groups in total. The Morgan fingerprint density at radius 1 is 1.34 bits per heavy atom. The molecule has 29 heavy (non-hydrogen) atoms. The van der Waals surface area contributed by atoms with Gasteiger partial charge in [-0.3, -0.25) is 4.79 Å². The average molecular weight is 430 g/mol. The molecule has 0 bridgehead atoms. The Kier molecular flexibility index (Phi) is 5.85. The van der Waals surface area contributed by atoms with Crippen LogP contribution in [0.2, 0.25) is 0 Å². The first kappa shape index (κ1) is 20.3. The van der Waals surface area contributed by atoms with E-state index in [0.717, 1.165) is 52.4 Å². The highest BCUT2D eigenvalue weighted by molar-refractivity contribution is 7.20. The third kappa shape index (κ3) is 4.01.